The van der Waals surface area contributed by atoms with Crippen LogP contribution in [-0.4, -0.2) is 34.8 Å². The lowest BCUT2D eigenvalue weighted by Gasteiger charge is -2.39. The van der Waals surface area contributed by atoms with Gasteiger partial charge in [-0.1, -0.05) is 52.7 Å². The number of esters is 1. The van der Waals surface area contributed by atoms with Gasteiger partial charge in [0, 0.05) is 5.41 Å². The number of carbonyl (C=O) groups is 3. The summed E-state index contributed by atoms with van der Waals surface area (Å²) in [6.07, 6.45) is 5.02. The average Bonchev–Trinajstić information content (AvgIpc) is 3.15. The highest BCUT2D eigenvalue weighted by atomic mass is 16.5. The van der Waals surface area contributed by atoms with Crippen LogP contribution in [0.25, 0.3) is 0 Å². The van der Waals surface area contributed by atoms with Crippen LogP contribution in [0.5, 0.6) is 0 Å². The monoisotopic (exact) mass is 397 g/mol. The van der Waals surface area contributed by atoms with E-state index in [1.54, 1.807) is 24.3 Å². The van der Waals surface area contributed by atoms with Gasteiger partial charge in [-0.3, -0.25) is 14.5 Å². The number of ether oxygens (including phenoxy) is 1. The summed E-state index contributed by atoms with van der Waals surface area (Å²) in [5, 5.41) is 0. The maximum Gasteiger partial charge on any atom is 0.329 e. The van der Waals surface area contributed by atoms with Crippen LogP contribution in [0.1, 0.15) is 86.9 Å². The van der Waals surface area contributed by atoms with Crippen LogP contribution in [0.3, 0.4) is 0 Å². The summed E-state index contributed by atoms with van der Waals surface area (Å²) in [4.78, 5) is 40.3. The van der Waals surface area contributed by atoms with Crippen LogP contribution in [0.15, 0.2) is 24.3 Å². The molecule has 0 unspecified atom stereocenters. The number of hydrogen-bond donors (Lipinski definition) is 0. The second-order valence-corrected chi connectivity index (χ2v) is 9.72. The molecule has 0 spiro atoms. The molecule has 1 aromatic carbocycles. The van der Waals surface area contributed by atoms with Crippen LogP contribution in [0.2, 0.25) is 0 Å². The van der Waals surface area contributed by atoms with Gasteiger partial charge in [0.1, 0.15) is 12.1 Å². The van der Waals surface area contributed by atoms with E-state index in [-0.39, 0.29) is 28.7 Å². The number of fused-ring (bicyclic) bond motifs is 3. The number of amides is 2. The second kappa shape index (κ2) is 6.96. The fraction of sp³-hybridized carbons (Fsp3) is 0.625. The molecule has 1 aliphatic heterocycles. The number of rotatable bonds is 6. The van der Waals surface area contributed by atoms with Crippen molar-refractivity contribution in [3.05, 3.63) is 35.4 Å². The molecule has 1 aromatic rings. The maximum atomic E-state index is 13.3. The fourth-order valence-electron chi connectivity index (χ4n) is 5.77. The zero-order valence-corrected chi connectivity index (χ0v) is 17.9. The van der Waals surface area contributed by atoms with Crippen LogP contribution in [0.4, 0.5) is 0 Å². The molecule has 0 aromatic heterocycles. The van der Waals surface area contributed by atoms with Crippen molar-refractivity contribution in [3.63, 3.8) is 0 Å². The van der Waals surface area contributed by atoms with Gasteiger partial charge in [0.2, 0.25) is 0 Å². The number of hydrogen-bond acceptors (Lipinski definition) is 4. The van der Waals surface area contributed by atoms with E-state index in [1.165, 1.54) is 6.42 Å². The lowest BCUT2D eigenvalue weighted by Crippen LogP contribution is -2.48. The van der Waals surface area contributed by atoms with E-state index in [9.17, 15) is 14.4 Å². The average molecular weight is 398 g/mol. The predicted octanol–water partition coefficient (Wildman–Crippen LogP) is 4.60. The molecular weight excluding hydrogens is 366 g/mol. The molecule has 2 saturated carbocycles. The summed E-state index contributed by atoms with van der Waals surface area (Å²) in [5.41, 5.74) is 0.830. The number of carbonyl (C=O) groups excluding carboxylic acids is 3. The standard InChI is InChI=1S/C24H31NO4/c1-5-6-11-18(25-20(26)16-9-7-8-10-17(16)21(25)27)22(28)29-19-14-15-12-13-24(19,4)23(15,2)3/h7-10,15,18-19H,5-6,11-14H2,1-4H3/t15-,18+,19+,24+/m0/s1. The molecule has 3 aliphatic rings. The van der Waals surface area contributed by atoms with Crippen molar-refractivity contribution in [1.82, 2.24) is 4.90 Å². The molecule has 4 atom stereocenters. The molecule has 0 radical (unpaired) electrons. The van der Waals surface area contributed by atoms with Crippen LogP contribution in [0, 0.1) is 16.7 Å². The third kappa shape index (κ3) is 2.84. The molecule has 2 fully saturated rings. The molecule has 2 bridgehead atoms. The first kappa shape index (κ1) is 20.1. The normalized spacial score (nSPS) is 30.6. The summed E-state index contributed by atoms with van der Waals surface area (Å²) in [5.74, 6) is -0.646. The smallest absolute Gasteiger partial charge is 0.329 e. The fourth-order valence-corrected chi connectivity index (χ4v) is 5.77. The summed E-state index contributed by atoms with van der Waals surface area (Å²) in [6.45, 7) is 8.81. The van der Waals surface area contributed by atoms with E-state index in [2.05, 4.69) is 20.8 Å². The third-order valence-electron chi connectivity index (χ3n) is 8.21. The van der Waals surface area contributed by atoms with E-state index in [0.29, 0.717) is 23.5 Å². The maximum absolute atomic E-state index is 13.3. The summed E-state index contributed by atoms with van der Waals surface area (Å²) < 4.78 is 6.07. The van der Waals surface area contributed by atoms with Crippen molar-refractivity contribution >= 4 is 17.8 Å². The van der Waals surface area contributed by atoms with Gasteiger partial charge in [0.15, 0.2) is 0 Å². The molecule has 0 saturated heterocycles. The molecular formula is C24H31NO4. The van der Waals surface area contributed by atoms with E-state index >= 15 is 0 Å². The van der Waals surface area contributed by atoms with E-state index in [4.69, 9.17) is 4.74 Å². The van der Waals surface area contributed by atoms with Gasteiger partial charge >= 0.3 is 5.97 Å². The van der Waals surface area contributed by atoms with Crippen LogP contribution >= 0.6 is 0 Å². The predicted molar refractivity (Wildman–Crippen MR) is 109 cm³/mol. The van der Waals surface area contributed by atoms with E-state index < -0.39 is 12.0 Å². The molecule has 0 N–H and O–H groups in total. The van der Waals surface area contributed by atoms with E-state index in [1.807, 2.05) is 6.92 Å². The Morgan fingerprint density at radius 3 is 2.28 bits per heavy atom. The summed E-state index contributed by atoms with van der Waals surface area (Å²) >= 11 is 0. The van der Waals surface area contributed by atoms with Crippen molar-refractivity contribution in [2.45, 2.75) is 78.4 Å². The van der Waals surface area contributed by atoms with Crippen molar-refractivity contribution < 1.29 is 19.1 Å². The van der Waals surface area contributed by atoms with E-state index in [0.717, 1.165) is 30.6 Å². The van der Waals surface area contributed by atoms with Crippen molar-refractivity contribution in [2.24, 2.45) is 16.7 Å². The minimum absolute atomic E-state index is 0.0510. The number of benzene rings is 1. The molecule has 5 heteroatoms. The highest BCUT2D eigenvalue weighted by Gasteiger charge is 2.63. The van der Waals surface area contributed by atoms with Gasteiger partial charge in [-0.2, -0.15) is 0 Å². The van der Waals surface area contributed by atoms with Gasteiger partial charge in [-0.15, -0.1) is 0 Å². The second-order valence-electron chi connectivity index (χ2n) is 9.72. The zero-order chi connectivity index (χ0) is 21.0. The quantitative estimate of drug-likeness (QED) is 0.520. The number of nitrogens with zero attached hydrogens (tertiary/aromatic N) is 1. The minimum atomic E-state index is -0.854. The van der Waals surface area contributed by atoms with Gasteiger partial charge < -0.3 is 4.74 Å². The Balaban J connectivity index is 1.58. The highest BCUT2D eigenvalue weighted by molar-refractivity contribution is 6.22. The van der Waals surface area contributed by atoms with Crippen molar-refractivity contribution in [2.75, 3.05) is 0 Å². The largest absolute Gasteiger partial charge is 0.460 e. The summed E-state index contributed by atoms with van der Waals surface area (Å²) in [7, 11) is 0. The number of imide groups is 1. The zero-order valence-electron chi connectivity index (χ0n) is 17.9. The highest BCUT2D eigenvalue weighted by Crippen LogP contribution is 2.66. The van der Waals surface area contributed by atoms with Crippen LogP contribution < -0.4 is 0 Å². The molecule has 29 heavy (non-hydrogen) atoms. The number of unbranched alkanes of at least 4 members (excludes halogenated alkanes) is 1. The Kier molecular flexibility index (Phi) is 4.83. The first-order valence-corrected chi connectivity index (χ1v) is 10.9. The Morgan fingerprint density at radius 1 is 1.17 bits per heavy atom. The van der Waals surface area contributed by atoms with Crippen LogP contribution in [-0.2, 0) is 9.53 Å². The Morgan fingerprint density at radius 2 is 1.79 bits per heavy atom. The van der Waals surface area contributed by atoms with Gasteiger partial charge in [0.25, 0.3) is 11.8 Å². The topological polar surface area (TPSA) is 63.7 Å². The van der Waals surface area contributed by atoms with Crippen molar-refractivity contribution in [1.29, 1.82) is 0 Å². The molecule has 1 heterocycles. The SMILES string of the molecule is CCCC[C@H](C(=O)O[C@@H]1C[C@@H]2CC[C@@]1(C)C2(C)C)N1C(=O)c2ccccc2C1=O. The molecule has 156 valence electrons. The lowest BCUT2D eigenvalue weighted by atomic mass is 9.70. The van der Waals surface area contributed by atoms with Gasteiger partial charge in [-0.05, 0) is 49.1 Å². The first-order chi connectivity index (χ1) is 13.7. The lowest BCUT2D eigenvalue weighted by molar-refractivity contribution is -0.161. The Hall–Kier alpha value is -2.17. The third-order valence-corrected chi connectivity index (χ3v) is 8.21. The minimum Gasteiger partial charge on any atom is -0.460 e. The Labute approximate surface area is 172 Å². The first-order valence-electron chi connectivity index (χ1n) is 10.9. The van der Waals surface area contributed by atoms with Gasteiger partial charge in [0.05, 0.1) is 11.1 Å². The van der Waals surface area contributed by atoms with Crippen molar-refractivity contribution in [3.8, 4) is 0 Å². The van der Waals surface area contributed by atoms with Gasteiger partial charge in [-0.25, -0.2) is 4.79 Å². The Bertz CT molecular complexity index is 825. The molecule has 4 rings (SSSR count). The molecule has 2 aliphatic carbocycles. The molecule has 2 amide bonds. The summed E-state index contributed by atoms with van der Waals surface area (Å²) in [6, 6.07) is 5.93. The molecule has 5 nitrogen and oxygen atoms in total.